The summed E-state index contributed by atoms with van der Waals surface area (Å²) < 4.78 is 6.70. The van der Waals surface area contributed by atoms with E-state index in [1.54, 1.807) is 18.5 Å². The van der Waals surface area contributed by atoms with Gasteiger partial charge in [0.1, 0.15) is 11.5 Å². The summed E-state index contributed by atoms with van der Waals surface area (Å²) >= 11 is 9.46. The lowest BCUT2D eigenvalue weighted by atomic mass is 10.1. The minimum absolute atomic E-state index is 0.308. The molecule has 0 aliphatic heterocycles. The number of nitrogens with zero attached hydrogens (tertiary/aromatic N) is 1. The van der Waals surface area contributed by atoms with Crippen molar-refractivity contribution in [1.82, 2.24) is 10.3 Å². The Morgan fingerprint density at radius 2 is 2.14 bits per heavy atom. The fraction of sp³-hybridized carbons (Fsp3) is 0.312. The van der Waals surface area contributed by atoms with Crippen LogP contribution in [0.3, 0.4) is 0 Å². The third kappa shape index (κ3) is 4.70. The van der Waals surface area contributed by atoms with Crippen LogP contribution in [-0.4, -0.2) is 11.5 Å². The lowest BCUT2D eigenvalue weighted by molar-refractivity contribution is 0.476. The van der Waals surface area contributed by atoms with E-state index in [-0.39, 0.29) is 0 Å². The Balaban J connectivity index is 2.12. The predicted molar refractivity (Wildman–Crippen MR) is 90.2 cm³/mol. The van der Waals surface area contributed by atoms with Crippen LogP contribution in [0.5, 0.6) is 11.5 Å². The molecule has 0 saturated heterocycles. The van der Waals surface area contributed by atoms with E-state index in [0.717, 1.165) is 23.2 Å². The highest BCUT2D eigenvalue weighted by molar-refractivity contribution is 9.10. The van der Waals surface area contributed by atoms with Crippen LogP contribution in [0, 0.1) is 0 Å². The second-order valence-electron chi connectivity index (χ2n) is 4.81. The Hall–Kier alpha value is -1.10. The molecule has 112 valence electrons. The van der Waals surface area contributed by atoms with E-state index < -0.39 is 0 Å². The zero-order valence-corrected chi connectivity index (χ0v) is 14.4. The normalized spacial score (nSPS) is 12.2. The van der Waals surface area contributed by atoms with Gasteiger partial charge < -0.3 is 10.1 Å². The number of halogens is 2. The maximum Gasteiger partial charge on any atom is 0.147 e. The van der Waals surface area contributed by atoms with Gasteiger partial charge in [0.05, 0.1) is 15.7 Å². The molecule has 21 heavy (non-hydrogen) atoms. The summed E-state index contributed by atoms with van der Waals surface area (Å²) in [6.45, 7) is 5.32. The first-order valence-corrected chi connectivity index (χ1v) is 8.08. The third-order valence-corrected chi connectivity index (χ3v) is 3.89. The lowest BCUT2D eigenvalue weighted by Gasteiger charge is -2.15. The summed E-state index contributed by atoms with van der Waals surface area (Å²) in [4.78, 5) is 4.01. The monoisotopic (exact) mass is 368 g/mol. The van der Waals surface area contributed by atoms with Gasteiger partial charge in [0.15, 0.2) is 0 Å². The number of pyridine rings is 1. The number of benzene rings is 1. The molecule has 0 aliphatic rings. The molecule has 1 aromatic carbocycles. The Morgan fingerprint density at radius 1 is 1.33 bits per heavy atom. The first kappa shape index (κ1) is 16.3. The van der Waals surface area contributed by atoms with Crippen LogP contribution in [0.15, 0.2) is 41.1 Å². The summed E-state index contributed by atoms with van der Waals surface area (Å²) in [5.41, 5.74) is 1.21. The minimum Gasteiger partial charge on any atom is -0.455 e. The second kappa shape index (κ2) is 7.78. The second-order valence-corrected chi connectivity index (χ2v) is 6.10. The molecular formula is C16H18BrClN2O. The maximum absolute atomic E-state index is 5.90. The van der Waals surface area contributed by atoms with E-state index in [0.29, 0.717) is 16.8 Å². The smallest absolute Gasteiger partial charge is 0.147 e. The molecule has 0 aliphatic carbocycles. The molecule has 1 unspecified atom stereocenters. The van der Waals surface area contributed by atoms with Gasteiger partial charge in [-0.2, -0.15) is 0 Å². The molecule has 0 amide bonds. The van der Waals surface area contributed by atoms with Crippen molar-refractivity contribution in [2.75, 3.05) is 6.54 Å². The van der Waals surface area contributed by atoms with Crippen LogP contribution in [0.25, 0.3) is 0 Å². The highest BCUT2D eigenvalue weighted by Crippen LogP contribution is 2.32. The van der Waals surface area contributed by atoms with Crippen molar-refractivity contribution in [3.63, 3.8) is 0 Å². The first-order valence-electron chi connectivity index (χ1n) is 6.91. The van der Waals surface area contributed by atoms with Gasteiger partial charge in [-0.05, 0) is 53.5 Å². The van der Waals surface area contributed by atoms with E-state index in [1.807, 2.05) is 6.07 Å². The van der Waals surface area contributed by atoms with Gasteiger partial charge in [0.25, 0.3) is 0 Å². The highest BCUT2D eigenvalue weighted by atomic mass is 79.9. The topological polar surface area (TPSA) is 34.1 Å². The number of hydrogen-bond acceptors (Lipinski definition) is 3. The van der Waals surface area contributed by atoms with Gasteiger partial charge in [0, 0.05) is 18.3 Å². The molecule has 0 radical (unpaired) electrons. The number of aromatic nitrogens is 1. The number of ether oxygens (including phenoxy) is 1. The van der Waals surface area contributed by atoms with Crippen LogP contribution < -0.4 is 10.1 Å². The summed E-state index contributed by atoms with van der Waals surface area (Å²) in [7, 11) is 0. The van der Waals surface area contributed by atoms with Crippen molar-refractivity contribution in [1.29, 1.82) is 0 Å². The molecule has 2 rings (SSSR count). The Labute approximate surface area is 138 Å². The molecule has 2 aromatic rings. The zero-order chi connectivity index (χ0) is 15.2. The van der Waals surface area contributed by atoms with E-state index in [4.69, 9.17) is 16.3 Å². The zero-order valence-electron chi connectivity index (χ0n) is 12.1. The summed E-state index contributed by atoms with van der Waals surface area (Å²) in [6.07, 6.45) is 4.33. The van der Waals surface area contributed by atoms with Crippen molar-refractivity contribution in [3.05, 3.63) is 51.7 Å². The molecule has 0 fully saturated rings. The van der Waals surface area contributed by atoms with Gasteiger partial charge in [-0.1, -0.05) is 24.6 Å². The standard InChI is InChI=1S/C16H18BrClN2O/c1-3-6-20-11(2)12-4-5-16(15(17)7-12)21-14-8-13(18)9-19-10-14/h4-5,7-11,20H,3,6H2,1-2H3. The molecule has 1 heterocycles. The molecule has 1 N–H and O–H groups in total. The van der Waals surface area contributed by atoms with Gasteiger partial charge >= 0.3 is 0 Å². The van der Waals surface area contributed by atoms with Crippen molar-refractivity contribution >= 4 is 27.5 Å². The van der Waals surface area contributed by atoms with E-state index >= 15 is 0 Å². The summed E-state index contributed by atoms with van der Waals surface area (Å²) in [5, 5.41) is 4.02. The molecule has 0 saturated carbocycles. The van der Waals surface area contributed by atoms with Crippen LogP contribution in [0.2, 0.25) is 5.02 Å². The Kier molecular flexibility index (Phi) is 6.03. The Bertz CT molecular complexity index is 607. The average molecular weight is 370 g/mol. The van der Waals surface area contributed by atoms with E-state index in [9.17, 15) is 0 Å². The third-order valence-electron chi connectivity index (χ3n) is 3.06. The number of hydrogen-bond donors (Lipinski definition) is 1. The minimum atomic E-state index is 0.308. The van der Waals surface area contributed by atoms with Crippen molar-refractivity contribution in [2.45, 2.75) is 26.3 Å². The molecule has 5 heteroatoms. The largest absolute Gasteiger partial charge is 0.455 e. The van der Waals surface area contributed by atoms with Gasteiger partial charge in [-0.3, -0.25) is 4.98 Å². The number of rotatable bonds is 6. The van der Waals surface area contributed by atoms with Crippen LogP contribution >= 0.6 is 27.5 Å². The summed E-state index contributed by atoms with van der Waals surface area (Å²) in [6, 6.07) is 8.12. The molecule has 0 spiro atoms. The van der Waals surface area contributed by atoms with Crippen LogP contribution in [-0.2, 0) is 0 Å². The Morgan fingerprint density at radius 3 is 2.81 bits per heavy atom. The fourth-order valence-electron chi connectivity index (χ4n) is 1.92. The summed E-state index contributed by atoms with van der Waals surface area (Å²) in [5.74, 6) is 1.36. The first-order chi connectivity index (χ1) is 10.1. The molecule has 1 atom stereocenters. The van der Waals surface area contributed by atoms with Crippen molar-refractivity contribution < 1.29 is 4.74 Å². The van der Waals surface area contributed by atoms with Crippen molar-refractivity contribution in [3.8, 4) is 11.5 Å². The maximum atomic E-state index is 5.90. The fourth-order valence-corrected chi connectivity index (χ4v) is 2.56. The molecule has 1 aromatic heterocycles. The molecule has 3 nitrogen and oxygen atoms in total. The number of nitrogens with one attached hydrogen (secondary N) is 1. The molecule has 0 bridgehead atoms. The lowest BCUT2D eigenvalue weighted by Crippen LogP contribution is -2.19. The van der Waals surface area contributed by atoms with E-state index in [1.165, 1.54) is 5.56 Å². The van der Waals surface area contributed by atoms with Crippen LogP contribution in [0.1, 0.15) is 31.9 Å². The van der Waals surface area contributed by atoms with Crippen molar-refractivity contribution in [2.24, 2.45) is 0 Å². The van der Waals surface area contributed by atoms with Gasteiger partial charge in [-0.15, -0.1) is 0 Å². The van der Waals surface area contributed by atoms with Crippen LogP contribution in [0.4, 0.5) is 0 Å². The predicted octanol–water partition coefficient (Wildman–Crippen LogP) is 5.35. The SMILES string of the molecule is CCCNC(C)c1ccc(Oc2cncc(Cl)c2)c(Br)c1. The van der Waals surface area contributed by atoms with E-state index in [2.05, 4.69) is 52.2 Å². The highest BCUT2D eigenvalue weighted by Gasteiger charge is 2.09. The van der Waals surface area contributed by atoms with Gasteiger partial charge in [-0.25, -0.2) is 0 Å². The average Bonchev–Trinajstić information content (AvgIpc) is 2.47. The quantitative estimate of drug-likeness (QED) is 0.745. The van der Waals surface area contributed by atoms with Gasteiger partial charge in [0.2, 0.25) is 0 Å². The molecular weight excluding hydrogens is 352 g/mol.